The molecular weight excluding hydrogens is 356 g/mol. The van der Waals surface area contributed by atoms with Crippen LogP contribution in [-0.2, 0) is 14.8 Å². The van der Waals surface area contributed by atoms with Crippen LogP contribution in [0.1, 0.15) is 20.3 Å². The first-order chi connectivity index (χ1) is 11.0. The van der Waals surface area contributed by atoms with E-state index in [2.05, 4.69) is 20.2 Å². The maximum absolute atomic E-state index is 12.4. The molecule has 124 valence electrons. The first-order valence-electron chi connectivity index (χ1n) is 6.84. The molecule has 2 rings (SSSR count). The van der Waals surface area contributed by atoms with Gasteiger partial charge in [-0.3, -0.25) is 9.52 Å². The number of hydrogen-bond donors (Lipinski definition) is 2. The second-order valence-corrected chi connectivity index (χ2v) is 8.45. The Labute approximate surface area is 143 Å². The van der Waals surface area contributed by atoms with Crippen LogP contribution in [0.25, 0.3) is 0 Å². The van der Waals surface area contributed by atoms with E-state index in [0.717, 1.165) is 22.0 Å². The Balaban J connectivity index is 2.21. The molecule has 2 aromatic rings. The molecule has 0 atom stereocenters. The number of benzene rings is 1. The molecule has 0 unspecified atom stereocenters. The predicted molar refractivity (Wildman–Crippen MR) is 92.5 cm³/mol. The van der Waals surface area contributed by atoms with E-state index >= 15 is 0 Å². The summed E-state index contributed by atoms with van der Waals surface area (Å²) in [5, 5.41) is 9.98. The number of hydrogen-bond acceptors (Lipinski definition) is 7. The molecule has 0 saturated heterocycles. The Bertz CT molecular complexity index is 789. The third-order valence-corrected chi connectivity index (χ3v) is 6.16. The number of carbonyl (C=O) groups excluding carboxylic acids is 1. The Kier molecular flexibility index (Phi) is 5.97. The maximum atomic E-state index is 12.4. The first kappa shape index (κ1) is 17.7. The van der Waals surface area contributed by atoms with Crippen LogP contribution in [-0.4, -0.2) is 30.3 Å². The summed E-state index contributed by atoms with van der Waals surface area (Å²) in [5.41, 5.74) is 0.494. The van der Waals surface area contributed by atoms with Crippen molar-refractivity contribution in [1.29, 1.82) is 0 Å². The van der Waals surface area contributed by atoms with Gasteiger partial charge < -0.3 is 5.32 Å². The summed E-state index contributed by atoms with van der Waals surface area (Å²) in [5.74, 6) is 0.577. The summed E-state index contributed by atoms with van der Waals surface area (Å²) >= 11 is 2.35. The quantitative estimate of drug-likeness (QED) is 0.572. The third kappa shape index (κ3) is 4.66. The molecule has 1 amide bonds. The van der Waals surface area contributed by atoms with Gasteiger partial charge in [0.15, 0.2) is 0 Å². The molecule has 0 aliphatic rings. The Morgan fingerprint density at radius 1 is 1.26 bits per heavy atom. The molecule has 23 heavy (non-hydrogen) atoms. The van der Waals surface area contributed by atoms with Crippen molar-refractivity contribution in [3.63, 3.8) is 0 Å². The highest BCUT2D eigenvalue weighted by molar-refractivity contribution is 7.99. The minimum atomic E-state index is -3.85. The average Bonchev–Trinajstić information content (AvgIpc) is 2.98. The van der Waals surface area contributed by atoms with Gasteiger partial charge in [0.2, 0.25) is 11.0 Å². The fourth-order valence-corrected chi connectivity index (χ4v) is 4.42. The van der Waals surface area contributed by atoms with Crippen molar-refractivity contribution >= 4 is 49.8 Å². The molecule has 0 saturated carbocycles. The van der Waals surface area contributed by atoms with Crippen molar-refractivity contribution in [2.24, 2.45) is 0 Å². The zero-order valence-corrected chi connectivity index (χ0v) is 15.0. The van der Waals surface area contributed by atoms with E-state index in [1.165, 1.54) is 11.8 Å². The molecule has 0 aliphatic heterocycles. The third-order valence-electron chi connectivity index (χ3n) is 2.64. The fraction of sp³-hybridized carbons (Fsp3) is 0.308. The Hall–Kier alpha value is -1.65. The van der Waals surface area contributed by atoms with Gasteiger partial charge in [0, 0.05) is 11.3 Å². The van der Waals surface area contributed by atoms with Crippen LogP contribution < -0.4 is 10.0 Å². The van der Waals surface area contributed by atoms with Crippen molar-refractivity contribution < 1.29 is 13.2 Å². The molecule has 0 radical (unpaired) electrons. The van der Waals surface area contributed by atoms with Gasteiger partial charge in [-0.15, -0.1) is 22.0 Å². The fourth-order valence-electron chi connectivity index (χ4n) is 1.60. The smallest absolute Gasteiger partial charge is 0.291 e. The number of anilines is 2. The molecule has 1 heterocycles. The van der Waals surface area contributed by atoms with Gasteiger partial charge in [-0.1, -0.05) is 37.3 Å². The first-order valence-corrected chi connectivity index (χ1v) is 10.1. The van der Waals surface area contributed by atoms with Gasteiger partial charge in [0.1, 0.15) is 0 Å². The van der Waals surface area contributed by atoms with E-state index in [-0.39, 0.29) is 21.8 Å². The molecule has 2 N–H and O–H groups in total. The van der Waals surface area contributed by atoms with E-state index in [9.17, 15) is 13.2 Å². The van der Waals surface area contributed by atoms with Crippen molar-refractivity contribution in [3.05, 3.63) is 24.3 Å². The number of carbonyl (C=O) groups is 1. The van der Waals surface area contributed by atoms with E-state index in [0.29, 0.717) is 5.69 Å². The summed E-state index contributed by atoms with van der Waals surface area (Å²) in [6.45, 7) is 3.68. The largest absolute Gasteiger partial charge is 0.301 e. The number of nitrogens with one attached hydrogen (secondary N) is 2. The predicted octanol–water partition coefficient (Wildman–Crippen LogP) is 2.80. The number of amides is 1. The summed E-state index contributed by atoms with van der Waals surface area (Å²) in [4.78, 5) is 12.1. The number of para-hydroxylation sites is 1. The normalized spacial score (nSPS) is 11.2. The SMILES string of the molecule is CCSc1ccccc1NS(=O)(=O)c1nnc(NC(=O)CC)s1. The Morgan fingerprint density at radius 2 is 2.00 bits per heavy atom. The summed E-state index contributed by atoms with van der Waals surface area (Å²) in [6.07, 6.45) is 0.279. The van der Waals surface area contributed by atoms with E-state index in [1.807, 2.05) is 19.1 Å². The molecule has 10 heteroatoms. The van der Waals surface area contributed by atoms with Crippen LogP contribution in [0.3, 0.4) is 0 Å². The molecular formula is C13H16N4O3S3. The zero-order chi connectivity index (χ0) is 16.9. The van der Waals surface area contributed by atoms with Crippen LogP contribution in [0, 0.1) is 0 Å². The average molecular weight is 372 g/mol. The molecule has 0 aliphatic carbocycles. The van der Waals surface area contributed by atoms with Crippen LogP contribution in [0.2, 0.25) is 0 Å². The molecule has 0 fully saturated rings. The number of rotatable bonds is 7. The van der Waals surface area contributed by atoms with E-state index in [4.69, 9.17) is 0 Å². The van der Waals surface area contributed by atoms with Crippen LogP contribution in [0.5, 0.6) is 0 Å². The highest BCUT2D eigenvalue weighted by atomic mass is 32.2. The lowest BCUT2D eigenvalue weighted by atomic mass is 10.3. The second kappa shape index (κ2) is 7.75. The van der Waals surface area contributed by atoms with Crippen LogP contribution in [0.4, 0.5) is 10.8 Å². The Morgan fingerprint density at radius 3 is 2.70 bits per heavy atom. The van der Waals surface area contributed by atoms with Gasteiger partial charge in [-0.05, 0) is 17.9 Å². The highest BCUT2D eigenvalue weighted by Crippen LogP contribution is 2.29. The van der Waals surface area contributed by atoms with E-state index < -0.39 is 10.0 Å². The summed E-state index contributed by atoms with van der Waals surface area (Å²) in [6, 6.07) is 7.14. The minimum Gasteiger partial charge on any atom is -0.301 e. The summed E-state index contributed by atoms with van der Waals surface area (Å²) < 4.78 is 27.1. The topological polar surface area (TPSA) is 101 Å². The molecule has 0 spiro atoms. The van der Waals surface area contributed by atoms with E-state index in [1.54, 1.807) is 19.1 Å². The summed E-state index contributed by atoms with van der Waals surface area (Å²) in [7, 11) is -3.85. The van der Waals surface area contributed by atoms with Crippen molar-refractivity contribution in [2.75, 3.05) is 15.8 Å². The zero-order valence-electron chi connectivity index (χ0n) is 12.6. The number of nitrogens with zero attached hydrogens (tertiary/aromatic N) is 2. The van der Waals surface area contributed by atoms with Crippen molar-refractivity contribution in [1.82, 2.24) is 10.2 Å². The molecule has 1 aromatic carbocycles. The van der Waals surface area contributed by atoms with Gasteiger partial charge in [0.05, 0.1) is 5.69 Å². The second-order valence-electron chi connectivity index (χ2n) is 4.31. The standard InChI is InChI=1S/C13H16N4O3S3/c1-3-11(18)14-12-15-16-13(22-12)23(19,20)17-9-7-5-6-8-10(9)21-4-2/h5-8,17H,3-4H2,1-2H3,(H,14,15,18). The lowest BCUT2D eigenvalue weighted by molar-refractivity contribution is -0.115. The lowest BCUT2D eigenvalue weighted by Gasteiger charge is -2.09. The molecule has 7 nitrogen and oxygen atoms in total. The number of thioether (sulfide) groups is 1. The van der Waals surface area contributed by atoms with Gasteiger partial charge in [-0.25, -0.2) is 0 Å². The number of aromatic nitrogens is 2. The van der Waals surface area contributed by atoms with Crippen LogP contribution in [0.15, 0.2) is 33.5 Å². The monoisotopic (exact) mass is 372 g/mol. The van der Waals surface area contributed by atoms with Crippen molar-refractivity contribution in [2.45, 2.75) is 29.5 Å². The highest BCUT2D eigenvalue weighted by Gasteiger charge is 2.22. The maximum Gasteiger partial charge on any atom is 0.291 e. The van der Waals surface area contributed by atoms with Crippen LogP contribution >= 0.6 is 23.1 Å². The lowest BCUT2D eigenvalue weighted by Crippen LogP contribution is -2.13. The minimum absolute atomic E-state index is 0.161. The number of sulfonamides is 1. The molecule has 0 bridgehead atoms. The van der Waals surface area contributed by atoms with Gasteiger partial charge in [-0.2, -0.15) is 8.42 Å². The van der Waals surface area contributed by atoms with Gasteiger partial charge in [0.25, 0.3) is 14.4 Å². The van der Waals surface area contributed by atoms with Gasteiger partial charge >= 0.3 is 0 Å². The molecule has 1 aromatic heterocycles. The van der Waals surface area contributed by atoms with Crippen molar-refractivity contribution in [3.8, 4) is 0 Å².